The summed E-state index contributed by atoms with van der Waals surface area (Å²) in [5, 5.41) is 0. The molecule has 98 valence electrons. The van der Waals surface area contributed by atoms with Crippen LogP contribution >= 0.6 is 23.4 Å². The molecule has 2 nitrogen and oxygen atoms in total. The zero-order valence-corrected chi connectivity index (χ0v) is 12.2. The minimum absolute atomic E-state index is 0.135. The maximum Gasteiger partial charge on any atom is 0.238 e. The van der Waals surface area contributed by atoms with Gasteiger partial charge in [0.05, 0.1) is 4.75 Å². The quantitative estimate of drug-likeness (QED) is 0.734. The van der Waals surface area contributed by atoms with Crippen LogP contribution in [0.5, 0.6) is 0 Å². The number of alkyl halides is 1. The van der Waals surface area contributed by atoms with E-state index in [1.165, 1.54) is 19.3 Å². The fraction of sp³-hybridized carbons (Fsp3) is 0.923. The maximum absolute atomic E-state index is 12.6. The number of carbonyl (C=O) groups excluding carboxylic acids is 1. The smallest absolute Gasteiger partial charge is 0.238 e. The van der Waals surface area contributed by atoms with Crippen LogP contribution in [0.25, 0.3) is 0 Å². The first kappa shape index (κ1) is 13.5. The lowest BCUT2D eigenvalue weighted by molar-refractivity contribution is -0.134. The molecule has 2 aliphatic heterocycles. The summed E-state index contributed by atoms with van der Waals surface area (Å²) < 4.78 is -0.135. The highest BCUT2D eigenvalue weighted by Gasteiger charge is 2.42. The predicted molar refractivity (Wildman–Crippen MR) is 74.8 cm³/mol. The Hall–Kier alpha value is 0.110. The van der Waals surface area contributed by atoms with Crippen LogP contribution in [0.4, 0.5) is 0 Å². The van der Waals surface area contributed by atoms with E-state index in [2.05, 4.69) is 11.8 Å². The number of carbonyl (C=O) groups is 1. The minimum atomic E-state index is -0.135. The SMILES string of the molecule is CC1(C(=O)N2CCCC2CCCCl)CCCS1. The molecule has 0 aromatic carbocycles. The van der Waals surface area contributed by atoms with Crippen molar-refractivity contribution in [3.63, 3.8) is 0 Å². The zero-order valence-electron chi connectivity index (χ0n) is 10.6. The molecule has 0 N–H and O–H groups in total. The van der Waals surface area contributed by atoms with Gasteiger partial charge < -0.3 is 4.90 Å². The second-order valence-electron chi connectivity index (χ2n) is 5.31. The van der Waals surface area contributed by atoms with E-state index in [1.54, 1.807) is 0 Å². The number of hydrogen-bond acceptors (Lipinski definition) is 2. The summed E-state index contributed by atoms with van der Waals surface area (Å²) in [7, 11) is 0. The van der Waals surface area contributed by atoms with Crippen molar-refractivity contribution in [3.05, 3.63) is 0 Å². The molecule has 2 unspecified atom stereocenters. The van der Waals surface area contributed by atoms with Gasteiger partial charge in [-0.05, 0) is 51.2 Å². The van der Waals surface area contributed by atoms with Gasteiger partial charge in [-0.1, -0.05) is 0 Å². The van der Waals surface area contributed by atoms with Crippen LogP contribution in [0.2, 0.25) is 0 Å². The van der Waals surface area contributed by atoms with Crippen molar-refractivity contribution in [2.45, 2.75) is 56.2 Å². The molecule has 2 saturated heterocycles. The van der Waals surface area contributed by atoms with Crippen LogP contribution in [0.1, 0.15) is 45.4 Å². The monoisotopic (exact) mass is 275 g/mol. The number of amides is 1. The van der Waals surface area contributed by atoms with E-state index in [0.29, 0.717) is 17.8 Å². The molecule has 0 aliphatic carbocycles. The maximum atomic E-state index is 12.6. The van der Waals surface area contributed by atoms with Gasteiger partial charge in [-0.3, -0.25) is 4.79 Å². The van der Waals surface area contributed by atoms with Crippen LogP contribution in [-0.4, -0.2) is 39.8 Å². The molecule has 0 aromatic heterocycles. The lowest BCUT2D eigenvalue weighted by atomic mass is 10.0. The van der Waals surface area contributed by atoms with Gasteiger partial charge in [0.25, 0.3) is 0 Å². The van der Waals surface area contributed by atoms with Gasteiger partial charge in [-0.15, -0.1) is 23.4 Å². The molecular weight excluding hydrogens is 254 g/mol. The Morgan fingerprint density at radius 1 is 1.53 bits per heavy atom. The van der Waals surface area contributed by atoms with Crippen molar-refractivity contribution < 1.29 is 4.79 Å². The van der Waals surface area contributed by atoms with Gasteiger partial charge in [-0.25, -0.2) is 0 Å². The number of hydrogen-bond donors (Lipinski definition) is 0. The number of thioether (sulfide) groups is 1. The Morgan fingerprint density at radius 3 is 3.00 bits per heavy atom. The second-order valence-corrected chi connectivity index (χ2v) is 7.28. The first-order chi connectivity index (χ1) is 8.17. The normalized spacial score (nSPS) is 33.3. The Labute approximate surface area is 113 Å². The first-order valence-corrected chi connectivity index (χ1v) is 8.20. The Bertz CT molecular complexity index is 279. The van der Waals surface area contributed by atoms with E-state index in [4.69, 9.17) is 11.6 Å². The van der Waals surface area contributed by atoms with Gasteiger partial charge in [0.15, 0.2) is 0 Å². The van der Waals surface area contributed by atoms with Crippen LogP contribution in [-0.2, 0) is 4.79 Å². The summed E-state index contributed by atoms with van der Waals surface area (Å²) in [5.74, 6) is 2.24. The first-order valence-electron chi connectivity index (χ1n) is 6.68. The number of nitrogens with zero attached hydrogens (tertiary/aromatic N) is 1. The molecule has 0 radical (unpaired) electrons. The number of halogens is 1. The molecule has 0 spiro atoms. The fourth-order valence-corrected chi connectivity index (χ4v) is 4.39. The third kappa shape index (κ3) is 2.93. The van der Waals surface area contributed by atoms with Crippen molar-refractivity contribution >= 4 is 29.3 Å². The van der Waals surface area contributed by atoms with E-state index in [9.17, 15) is 4.79 Å². The summed E-state index contributed by atoms with van der Waals surface area (Å²) in [6.07, 6.45) is 6.68. The molecule has 0 bridgehead atoms. The molecule has 1 amide bonds. The summed E-state index contributed by atoms with van der Waals surface area (Å²) >= 11 is 7.60. The summed E-state index contributed by atoms with van der Waals surface area (Å²) in [6.45, 7) is 3.09. The highest BCUT2D eigenvalue weighted by atomic mass is 35.5. The molecular formula is C13H22ClNOS. The van der Waals surface area contributed by atoms with Crippen molar-refractivity contribution in [2.75, 3.05) is 18.2 Å². The van der Waals surface area contributed by atoms with Gasteiger partial charge >= 0.3 is 0 Å². The zero-order chi connectivity index (χ0) is 12.3. The molecule has 4 heteroatoms. The summed E-state index contributed by atoms with van der Waals surface area (Å²) in [6, 6.07) is 0.458. The van der Waals surface area contributed by atoms with Gasteiger partial charge in [0, 0.05) is 18.5 Å². The van der Waals surface area contributed by atoms with Crippen molar-refractivity contribution in [1.82, 2.24) is 4.90 Å². The average molecular weight is 276 g/mol. The van der Waals surface area contributed by atoms with Crippen LogP contribution in [0.15, 0.2) is 0 Å². The third-order valence-electron chi connectivity index (χ3n) is 3.98. The predicted octanol–water partition coefficient (Wildman–Crippen LogP) is 3.28. The van der Waals surface area contributed by atoms with E-state index >= 15 is 0 Å². The number of rotatable bonds is 4. The largest absolute Gasteiger partial charge is 0.339 e. The lowest BCUT2D eigenvalue weighted by Gasteiger charge is -2.32. The highest BCUT2D eigenvalue weighted by Crippen LogP contribution is 2.40. The second kappa shape index (κ2) is 5.83. The fourth-order valence-electron chi connectivity index (χ4n) is 2.97. The Balaban J connectivity index is 1.97. The van der Waals surface area contributed by atoms with Crippen molar-refractivity contribution in [3.8, 4) is 0 Å². The molecule has 2 fully saturated rings. The molecule has 0 saturated carbocycles. The minimum Gasteiger partial charge on any atom is -0.339 e. The standard InChI is InChI=1S/C13H22ClNOS/c1-13(7-4-10-17-13)12(16)15-9-3-6-11(15)5-2-8-14/h11H,2-10H2,1H3. The molecule has 2 aliphatic rings. The van der Waals surface area contributed by atoms with E-state index < -0.39 is 0 Å². The van der Waals surface area contributed by atoms with Crippen molar-refractivity contribution in [2.24, 2.45) is 0 Å². The molecule has 2 rings (SSSR count). The average Bonchev–Trinajstić information content (AvgIpc) is 2.95. The van der Waals surface area contributed by atoms with Gasteiger partial charge in [-0.2, -0.15) is 0 Å². The van der Waals surface area contributed by atoms with Crippen LogP contribution < -0.4 is 0 Å². The van der Waals surface area contributed by atoms with E-state index in [1.807, 2.05) is 11.8 Å². The van der Waals surface area contributed by atoms with Crippen molar-refractivity contribution in [1.29, 1.82) is 0 Å². The Kier molecular flexibility index (Phi) is 4.65. The lowest BCUT2D eigenvalue weighted by Crippen LogP contribution is -2.46. The van der Waals surface area contributed by atoms with Crippen LogP contribution in [0.3, 0.4) is 0 Å². The van der Waals surface area contributed by atoms with E-state index in [-0.39, 0.29) is 4.75 Å². The van der Waals surface area contributed by atoms with Gasteiger partial charge in [0.1, 0.15) is 0 Å². The molecule has 17 heavy (non-hydrogen) atoms. The Morgan fingerprint density at radius 2 is 2.35 bits per heavy atom. The molecule has 2 atom stereocenters. The van der Waals surface area contributed by atoms with Crippen LogP contribution in [0, 0.1) is 0 Å². The molecule has 2 heterocycles. The highest BCUT2D eigenvalue weighted by molar-refractivity contribution is 8.01. The third-order valence-corrected chi connectivity index (χ3v) is 5.76. The summed E-state index contributed by atoms with van der Waals surface area (Å²) in [5.41, 5.74) is 0. The van der Waals surface area contributed by atoms with E-state index in [0.717, 1.165) is 31.6 Å². The molecule has 0 aromatic rings. The number of likely N-dealkylation sites (tertiary alicyclic amines) is 1. The summed E-state index contributed by atoms with van der Waals surface area (Å²) in [4.78, 5) is 14.8. The van der Waals surface area contributed by atoms with Gasteiger partial charge in [0.2, 0.25) is 5.91 Å². The topological polar surface area (TPSA) is 20.3 Å².